The van der Waals surface area contributed by atoms with Crippen molar-refractivity contribution >= 4 is 5.97 Å². The summed E-state index contributed by atoms with van der Waals surface area (Å²) in [6.45, 7) is 4.59. The maximum atomic E-state index is 12.0. The molecular formula is C20H20O4. The minimum absolute atomic E-state index is 0.327. The Morgan fingerprint density at radius 2 is 1.79 bits per heavy atom. The highest BCUT2D eigenvalue weighted by Crippen LogP contribution is 2.31. The predicted octanol–water partition coefficient (Wildman–Crippen LogP) is 3.91. The highest BCUT2D eigenvalue weighted by Gasteiger charge is 2.46. The smallest absolute Gasteiger partial charge is 0.350 e. The monoisotopic (exact) mass is 324 g/mol. The van der Waals surface area contributed by atoms with Crippen LogP contribution in [0.4, 0.5) is 0 Å². The zero-order valence-corrected chi connectivity index (χ0v) is 13.4. The van der Waals surface area contributed by atoms with Gasteiger partial charge in [-0.1, -0.05) is 36.4 Å². The van der Waals surface area contributed by atoms with Crippen LogP contribution in [0.25, 0.3) is 0 Å². The van der Waals surface area contributed by atoms with Gasteiger partial charge in [0.15, 0.2) is 0 Å². The van der Waals surface area contributed by atoms with Crippen LogP contribution >= 0.6 is 0 Å². The number of cyclic esters (lactones) is 1. The molecule has 2 aromatic carbocycles. The quantitative estimate of drug-likeness (QED) is 0.572. The second-order valence-corrected chi connectivity index (χ2v) is 5.72. The number of benzene rings is 2. The summed E-state index contributed by atoms with van der Waals surface area (Å²) in [5.41, 5.74) is 0.158. The van der Waals surface area contributed by atoms with Crippen LogP contribution in [0.5, 0.6) is 11.5 Å². The average Bonchev–Trinajstić information content (AvgIpc) is 2.96. The second kappa shape index (κ2) is 7.21. The molecule has 24 heavy (non-hydrogen) atoms. The molecule has 4 heteroatoms. The van der Waals surface area contributed by atoms with Crippen LogP contribution in [0.2, 0.25) is 0 Å². The van der Waals surface area contributed by atoms with Crippen LogP contribution < -0.4 is 9.47 Å². The molecule has 3 rings (SSSR count). The average molecular weight is 324 g/mol. The first-order valence-corrected chi connectivity index (χ1v) is 7.96. The summed E-state index contributed by atoms with van der Waals surface area (Å²) in [5.74, 6) is 1.03. The van der Waals surface area contributed by atoms with E-state index in [9.17, 15) is 4.79 Å². The summed E-state index contributed by atoms with van der Waals surface area (Å²) < 4.78 is 16.7. The third-order valence-electron chi connectivity index (χ3n) is 3.97. The highest BCUT2D eigenvalue weighted by molar-refractivity contribution is 5.82. The molecule has 0 spiro atoms. The van der Waals surface area contributed by atoms with E-state index in [0.29, 0.717) is 31.8 Å². The number of hydrogen-bond acceptors (Lipinski definition) is 4. The van der Waals surface area contributed by atoms with E-state index in [1.165, 1.54) is 0 Å². The van der Waals surface area contributed by atoms with E-state index in [-0.39, 0.29) is 5.97 Å². The van der Waals surface area contributed by atoms with E-state index in [1.807, 2.05) is 42.5 Å². The molecule has 1 unspecified atom stereocenters. The first kappa shape index (κ1) is 16.1. The summed E-state index contributed by atoms with van der Waals surface area (Å²) in [6.07, 6.45) is 2.64. The molecule has 1 aliphatic rings. The van der Waals surface area contributed by atoms with Gasteiger partial charge >= 0.3 is 5.97 Å². The van der Waals surface area contributed by atoms with Gasteiger partial charge < -0.3 is 14.2 Å². The molecule has 0 N–H and O–H groups in total. The number of carbonyl (C=O) groups excluding carboxylic acids is 1. The van der Waals surface area contributed by atoms with Crippen molar-refractivity contribution in [1.82, 2.24) is 0 Å². The molecule has 1 atom stereocenters. The van der Waals surface area contributed by atoms with Crippen LogP contribution in [-0.2, 0) is 16.1 Å². The predicted molar refractivity (Wildman–Crippen MR) is 91.0 cm³/mol. The van der Waals surface area contributed by atoms with Gasteiger partial charge in [0.1, 0.15) is 18.1 Å². The lowest BCUT2D eigenvalue weighted by Gasteiger charge is -2.25. The van der Waals surface area contributed by atoms with Crippen LogP contribution in [0.3, 0.4) is 0 Å². The second-order valence-electron chi connectivity index (χ2n) is 5.72. The molecule has 0 radical (unpaired) electrons. The van der Waals surface area contributed by atoms with Crippen LogP contribution in [0.15, 0.2) is 67.3 Å². The van der Waals surface area contributed by atoms with E-state index >= 15 is 0 Å². The van der Waals surface area contributed by atoms with Crippen LogP contribution in [0, 0.1) is 0 Å². The van der Waals surface area contributed by atoms with Crippen molar-refractivity contribution in [2.75, 3.05) is 6.61 Å². The van der Waals surface area contributed by atoms with E-state index < -0.39 is 5.60 Å². The molecule has 2 aromatic rings. The van der Waals surface area contributed by atoms with Crippen molar-refractivity contribution < 1.29 is 19.0 Å². The molecular weight excluding hydrogens is 304 g/mol. The fourth-order valence-electron chi connectivity index (χ4n) is 2.67. The zero-order valence-electron chi connectivity index (χ0n) is 13.4. The Morgan fingerprint density at radius 3 is 2.42 bits per heavy atom. The fraction of sp³-hybridized carbons (Fsp3) is 0.250. The molecule has 1 heterocycles. The molecule has 0 aromatic heterocycles. The zero-order chi connectivity index (χ0) is 16.8. The van der Waals surface area contributed by atoms with Crippen molar-refractivity contribution in [1.29, 1.82) is 0 Å². The Bertz CT molecular complexity index is 693. The molecule has 1 fully saturated rings. The third-order valence-corrected chi connectivity index (χ3v) is 3.97. The van der Waals surface area contributed by atoms with Gasteiger partial charge in [0.05, 0.1) is 6.61 Å². The minimum Gasteiger partial charge on any atom is -0.489 e. The molecule has 0 bridgehead atoms. The first-order chi connectivity index (χ1) is 11.7. The van der Waals surface area contributed by atoms with Gasteiger partial charge in [-0.05, 0) is 29.8 Å². The largest absolute Gasteiger partial charge is 0.489 e. The molecule has 124 valence electrons. The van der Waals surface area contributed by atoms with Crippen LogP contribution in [0.1, 0.15) is 18.4 Å². The maximum absolute atomic E-state index is 12.0. The Kier molecular flexibility index (Phi) is 4.85. The third kappa shape index (κ3) is 3.59. The van der Waals surface area contributed by atoms with Crippen molar-refractivity contribution in [2.24, 2.45) is 0 Å². The lowest BCUT2D eigenvalue weighted by molar-refractivity contribution is -0.150. The van der Waals surface area contributed by atoms with Crippen molar-refractivity contribution in [3.05, 3.63) is 72.8 Å². The number of rotatable bonds is 7. The van der Waals surface area contributed by atoms with E-state index in [1.54, 1.807) is 18.2 Å². The van der Waals surface area contributed by atoms with Gasteiger partial charge in [-0.3, -0.25) is 0 Å². The molecule has 0 aliphatic carbocycles. The molecule has 4 nitrogen and oxygen atoms in total. The Balaban J connectivity index is 1.63. The fourth-order valence-corrected chi connectivity index (χ4v) is 2.67. The summed E-state index contributed by atoms with van der Waals surface area (Å²) in [6, 6.07) is 17.2. The number of carbonyl (C=O) groups is 1. The maximum Gasteiger partial charge on any atom is 0.350 e. The summed E-state index contributed by atoms with van der Waals surface area (Å²) in [5, 5.41) is 0. The summed E-state index contributed by atoms with van der Waals surface area (Å²) >= 11 is 0. The first-order valence-electron chi connectivity index (χ1n) is 7.96. The SMILES string of the molecule is C=CCC1(Oc2ccc(OCc3ccccc3)cc2)CCOC1=O. The normalized spacial score (nSPS) is 19.6. The van der Waals surface area contributed by atoms with E-state index in [2.05, 4.69) is 6.58 Å². The number of hydrogen-bond donors (Lipinski definition) is 0. The van der Waals surface area contributed by atoms with E-state index in [4.69, 9.17) is 14.2 Å². The molecule has 0 amide bonds. The standard InChI is InChI=1S/C20H20O4/c1-2-12-20(13-14-22-19(20)21)24-18-10-8-17(9-11-18)23-15-16-6-4-3-5-7-16/h2-11H,1,12-15H2. The molecule has 1 aliphatic heterocycles. The lowest BCUT2D eigenvalue weighted by Crippen LogP contribution is -2.40. The van der Waals surface area contributed by atoms with Gasteiger partial charge in [0.25, 0.3) is 0 Å². The van der Waals surface area contributed by atoms with Gasteiger partial charge in [-0.25, -0.2) is 4.79 Å². The van der Waals surface area contributed by atoms with Crippen molar-refractivity contribution in [3.63, 3.8) is 0 Å². The van der Waals surface area contributed by atoms with Crippen molar-refractivity contribution in [3.8, 4) is 11.5 Å². The van der Waals surface area contributed by atoms with E-state index in [0.717, 1.165) is 11.3 Å². The Hall–Kier alpha value is -2.75. The van der Waals surface area contributed by atoms with Gasteiger partial charge in [0, 0.05) is 12.8 Å². The number of esters is 1. The Labute approximate surface area is 141 Å². The van der Waals surface area contributed by atoms with Gasteiger partial charge in [0.2, 0.25) is 5.60 Å². The summed E-state index contributed by atoms with van der Waals surface area (Å²) in [4.78, 5) is 12.0. The Morgan fingerprint density at radius 1 is 1.08 bits per heavy atom. The van der Waals surface area contributed by atoms with Crippen LogP contribution in [-0.4, -0.2) is 18.2 Å². The molecule has 1 saturated heterocycles. The summed E-state index contributed by atoms with van der Waals surface area (Å²) in [7, 11) is 0. The highest BCUT2D eigenvalue weighted by atomic mass is 16.6. The minimum atomic E-state index is -0.950. The lowest BCUT2D eigenvalue weighted by atomic mass is 9.98. The van der Waals surface area contributed by atoms with Gasteiger partial charge in [-0.2, -0.15) is 0 Å². The number of ether oxygens (including phenoxy) is 3. The topological polar surface area (TPSA) is 44.8 Å². The molecule has 0 saturated carbocycles. The van der Waals surface area contributed by atoms with Gasteiger partial charge in [-0.15, -0.1) is 6.58 Å². The van der Waals surface area contributed by atoms with Crippen molar-refractivity contribution in [2.45, 2.75) is 25.0 Å².